The lowest BCUT2D eigenvalue weighted by atomic mass is 10.2. The summed E-state index contributed by atoms with van der Waals surface area (Å²) in [5.41, 5.74) is 2.31. The van der Waals surface area contributed by atoms with Crippen LogP contribution in [0.5, 0.6) is 0 Å². The molecule has 0 aliphatic carbocycles. The van der Waals surface area contributed by atoms with Gasteiger partial charge < -0.3 is 14.6 Å². The molecule has 1 aromatic heterocycles. The Bertz CT molecular complexity index is 1630. The number of anilines is 2. The monoisotopic (exact) mass is 552 g/mol. The highest BCUT2D eigenvalue weighted by atomic mass is 32.2. The van der Waals surface area contributed by atoms with Crippen LogP contribution < -0.4 is 14.4 Å². The first-order valence-electron chi connectivity index (χ1n) is 11.9. The molecular weight excluding hydrogens is 524 g/mol. The third kappa shape index (κ3) is 6.01. The van der Waals surface area contributed by atoms with Crippen LogP contribution in [0.3, 0.4) is 0 Å². The van der Waals surface area contributed by atoms with Gasteiger partial charge in [0.05, 0.1) is 27.4 Å². The average molecular weight is 553 g/mol. The fourth-order valence-corrected chi connectivity index (χ4v) is 6.10. The van der Waals surface area contributed by atoms with Gasteiger partial charge in [-0.1, -0.05) is 29.5 Å². The van der Waals surface area contributed by atoms with Crippen molar-refractivity contribution in [2.24, 2.45) is 4.99 Å². The number of carbonyl (C=O) groups excluding carboxylic acids is 2. The van der Waals surface area contributed by atoms with Crippen LogP contribution in [0.1, 0.15) is 24.2 Å². The molecule has 198 valence electrons. The van der Waals surface area contributed by atoms with Crippen molar-refractivity contribution in [3.8, 4) is 0 Å². The van der Waals surface area contributed by atoms with Crippen molar-refractivity contribution in [2.75, 3.05) is 29.9 Å². The molecule has 9 nitrogen and oxygen atoms in total. The number of hydrogen-bond acceptors (Lipinski definition) is 6. The minimum absolute atomic E-state index is 0.0690. The molecule has 0 unspecified atom stereocenters. The number of para-hydroxylation sites is 1. The zero-order valence-corrected chi connectivity index (χ0v) is 22.9. The number of sulfonamides is 1. The Hall–Kier alpha value is -3.80. The molecule has 1 heterocycles. The summed E-state index contributed by atoms with van der Waals surface area (Å²) in [6, 6.07) is 20.0. The number of thiazole rings is 1. The smallest absolute Gasteiger partial charge is 0.279 e. The Labute approximate surface area is 225 Å². The van der Waals surface area contributed by atoms with E-state index in [-0.39, 0.29) is 16.4 Å². The summed E-state index contributed by atoms with van der Waals surface area (Å²) in [6.45, 7) is 4.85. The Balaban J connectivity index is 1.65. The van der Waals surface area contributed by atoms with Crippen molar-refractivity contribution in [1.29, 1.82) is 0 Å². The number of carbonyl (C=O) groups is 2. The number of nitrogens with zero attached hydrogens (tertiary/aromatic N) is 3. The lowest BCUT2D eigenvalue weighted by Crippen LogP contribution is -2.26. The summed E-state index contributed by atoms with van der Waals surface area (Å²) in [5, 5.41) is 2.76. The zero-order chi connectivity index (χ0) is 27.3. The summed E-state index contributed by atoms with van der Waals surface area (Å²) in [5.74, 6) is -0.671. The van der Waals surface area contributed by atoms with E-state index >= 15 is 0 Å². The molecule has 0 atom stereocenters. The van der Waals surface area contributed by atoms with Gasteiger partial charge in [0, 0.05) is 38.4 Å². The minimum atomic E-state index is -3.80. The zero-order valence-electron chi connectivity index (χ0n) is 21.2. The molecule has 38 heavy (non-hydrogen) atoms. The van der Waals surface area contributed by atoms with Crippen LogP contribution in [-0.4, -0.2) is 45.1 Å². The van der Waals surface area contributed by atoms with E-state index in [0.29, 0.717) is 35.9 Å². The molecule has 0 spiro atoms. The van der Waals surface area contributed by atoms with Crippen LogP contribution in [0.4, 0.5) is 11.4 Å². The van der Waals surface area contributed by atoms with E-state index in [1.54, 1.807) is 30.3 Å². The molecule has 0 aliphatic rings. The fraction of sp³-hybridized carbons (Fsp3) is 0.222. The van der Waals surface area contributed by atoms with Crippen molar-refractivity contribution in [3.63, 3.8) is 0 Å². The normalized spacial score (nSPS) is 12.0. The first-order chi connectivity index (χ1) is 18.2. The van der Waals surface area contributed by atoms with Crippen molar-refractivity contribution < 1.29 is 22.7 Å². The summed E-state index contributed by atoms with van der Waals surface area (Å²) >= 11 is 1.32. The van der Waals surface area contributed by atoms with Crippen LogP contribution in [0.15, 0.2) is 82.7 Å². The molecule has 2 amide bonds. The topological polar surface area (TPSA) is 110 Å². The van der Waals surface area contributed by atoms with Gasteiger partial charge in [-0.25, -0.2) is 8.42 Å². The van der Waals surface area contributed by atoms with E-state index in [1.165, 1.54) is 53.9 Å². The van der Waals surface area contributed by atoms with E-state index in [2.05, 4.69) is 10.3 Å². The molecule has 0 fully saturated rings. The van der Waals surface area contributed by atoms with Crippen molar-refractivity contribution in [1.82, 2.24) is 4.57 Å². The largest absolute Gasteiger partial charge is 0.380 e. The van der Waals surface area contributed by atoms with Gasteiger partial charge in [-0.3, -0.25) is 13.9 Å². The third-order valence-electron chi connectivity index (χ3n) is 5.74. The second-order valence-electron chi connectivity index (χ2n) is 8.35. The minimum Gasteiger partial charge on any atom is -0.380 e. The van der Waals surface area contributed by atoms with E-state index < -0.39 is 15.9 Å². The average Bonchev–Trinajstić information content (AvgIpc) is 3.24. The Morgan fingerprint density at radius 3 is 2.42 bits per heavy atom. The van der Waals surface area contributed by atoms with Crippen LogP contribution >= 0.6 is 11.3 Å². The molecule has 0 saturated carbocycles. The molecule has 4 rings (SSSR count). The Morgan fingerprint density at radius 2 is 1.76 bits per heavy atom. The molecule has 0 aliphatic heterocycles. The summed E-state index contributed by atoms with van der Waals surface area (Å²) in [4.78, 5) is 29.4. The van der Waals surface area contributed by atoms with Crippen LogP contribution in [0.2, 0.25) is 0 Å². The SMILES string of the molecule is CCOCCn1c(=NC(=O)c2ccc(S(=O)(=O)N(C)c3ccccc3)cc2)sc2cc(NC(C)=O)ccc21. The molecular formula is C27H28N4O5S2. The van der Waals surface area contributed by atoms with E-state index in [4.69, 9.17) is 4.74 Å². The van der Waals surface area contributed by atoms with Crippen molar-refractivity contribution in [3.05, 3.63) is 83.2 Å². The van der Waals surface area contributed by atoms with Crippen LogP contribution in [0.25, 0.3) is 10.2 Å². The maximum absolute atomic E-state index is 13.1. The van der Waals surface area contributed by atoms with Crippen molar-refractivity contribution in [2.45, 2.75) is 25.3 Å². The number of ether oxygens (including phenoxy) is 1. The number of nitrogens with one attached hydrogen (secondary N) is 1. The number of fused-ring (bicyclic) bond motifs is 1. The highest BCUT2D eigenvalue weighted by Crippen LogP contribution is 2.24. The molecule has 0 saturated heterocycles. The summed E-state index contributed by atoms with van der Waals surface area (Å²) in [6.07, 6.45) is 0. The lowest BCUT2D eigenvalue weighted by molar-refractivity contribution is -0.114. The first kappa shape index (κ1) is 27.2. The number of amides is 2. The van der Waals surface area contributed by atoms with Gasteiger partial charge in [0.1, 0.15) is 0 Å². The van der Waals surface area contributed by atoms with Crippen LogP contribution in [0, 0.1) is 0 Å². The second-order valence-corrected chi connectivity index (χ2v) is 11.3. The maximum Gasteiger partial charge on any atom is 0.279 e. The molecule has 3 aromatic carbocycles. The molecule has 11 heteroatoms. The molecule has 1 N–H and O–H groups in total. The van der Waals surface area contributed by atoms with Gasteiger partial charge in [-0.15, -0.1) is 0 Å². The molecule has 0 bridgehead atoms. The van der Waals surface area contributed by atoms with Gasteiger partial charge in [0.15, 0.2) is 4.80 Å². The van der Waals surface area contributed by atoms with E-state index in [0.717, 1.165) is 10.2 Å². The number of aromatic nitrogens is 1. The van der Waals surface area contributed by atoms with Gasteiger partial charge >= 0.3 is 0 Å². The Morgan fingerprint density at radius 1 is 1.05 bits per heavy atom. The maximum atomic E-state index is 13.1. The van der Waals surface area contributed by atoms with Gasteiger partial charge in [-0.05, 0) is 61.5 Å². The molecule has 4 aromatic rings. The summed E-state index contributed by atoms with van der Waals surface area (Å²) < 4.78 is 35.6. The van der Waals surface area contributed by atoms with Crippen molar-refractivity contribution >= 4 is 54.8 Å². The van der Waals surface area contributed by atoms with Gasteiger partial charge in [0.25, 0.3) is 15.9 Å². The predicted octanol–water partition coefficient (Wildman–Crippen LogP) is 4.26. The van der Waals surface area contributed by atoms with E-state index in [9.17, 15) is 18.0 Å². The van der Waals surface area contributed by atoms with Gasteiger partial charge in [-0.2, -0.15) is 4.99 Å². The standard InChI is InChI=1S/C27H28N4O5S2/c1-4-36-17-16-31-24-15-12-21(28-19(2)32)18-25(24)37-27(31)29-26(33)20-10-13-23(14-11-20)38(34,35)30(3)22-8-6-5-7-9-22/h5-15,18H,4,16-17H2,1-3H3,(H,28,32). The van der Waals surface area contributed by atoms with Gasteiger partial charge in [0.2, 0.25) is 5.91 Å². The Kier molecular flexibility index (Phi) is 8.40. The second kappa shape index (κ2) is 11.7. The predicted molar refractivity (Wildman–Crippen MR) is 149 cm³/mol. The highest BCUT2D eigenvalue weighted by molar-refractivity contribution is 7.92. The number of hydrogen-bond donors (Lipinski definition) is 1. The summed E-state index contributed by atoms with van der Waals surface area (Å²) in [7, 11) is -2.31. The van der Waals surface area contributed by atoms with Crippen LogP contribution in [-0.2, 0) is 26.1 Å². The fourth-order valence-electron chi connectivity index (χ4n) is 3.81. The molecule has 0 radical (unpaired) electrons. The van der Waals surface area contributed by atoms with E-state index in [1.807, 2.05) is 29.7 Å². The lowest BCUT2D eigenvalue weighted by Gasteiger charge is -2.19. The quantitative estimate of drug-likeness (QED) is 0.312. The highest BCUT2D eigenvalue weighted by Gasteiger charge is 2.21. The number of rotatable bonds is 9. The number of benzene rings is 3. The first-order valence-corrected chi connectivity index (χ1v) is 14.2. The third-order valence-corrected chi connectivity index (χ3v) is 8.58.